The molecule has 2 nitrogen and oxygen atoms in total. The van der Waals surface area contributed by atoms with Crippen molar-refractivity contribution in [1.82, 2.24) is 4.90 Å². The van der Waals surface area contributed by atoms with E-state index in [1.807, 2.05) is 0 Å². The molecule has 1 N–H and O–H groups in total. The highest BCUT2D eigenvalue weighted by Crippen LogP contribution is 2.24. The molecule has 2 heteroatoms. The van der Waals surface area contributed by atoms with Gasteiger partial charge in [-0.05, 0) is 38.8 Å². The summed E-state index contributed by atoms with van der Waals surface area (Å²) in [6, 6.07) is 0. The maximum absolute atomic E-state index is 9.45. The fourth-order valence-corrected chi connectivity index (χ4v) is 2.00. The van der Waals surface area contributed by atoms with Crippen molar-refractivity contribution in [2.75, 3.05) is 20.1 Å². The van der Waals surface area contributed by atoms with Gasteiger partial charge in [0.25, 0.3) is 0 Å². The SMILES string of the molecule is CCN(C)CC1CCCC(O)C1. The van der Waals surface area contributed by atoms with Gasteiger partial charge < -0.3 is 10.0 Å². The molecule has 0 aromatic carbocycles. The Labute approximate surface area is 75.6 Å². The van der Waals surface area contributed by atoms with E-state index >= 15 is 0 Å². The molecule has 1 aliphatic rings. The Kier molecular flexibility index (Phi) is 4.02. The minimum absolute atomic E-state index is 0.0194. The van der Waals surface area contributed by atoms with Crippen molar-refractivity contribution in [1.29, 1.82) is 0 Å². The number of hydrogen-bond donors (Lipinski definition) is 1. The molecule has 0 heterocycles. The van der Waals surface area contributed by atoms with Gasteiger partial charge in [-0.2, -0.15) is 0 Å². The molecule has 0 aliphatic heterocycles. The van der Waals surface area contributed by atoms with Gasteiger partial charge in [0.05, 0.1) is 6.10 Å². The minimum atomic E-state index is -0.0194. The van der Waals surface area contributed by atoms with Crippen LogP contribution in [0.15, 0.2) is 0 Å². The average molecular weight is 171 g/mol. The van der Waals surface area contributed by atoms with E-state index in [0.29, 0.717) is 0 Å². The average Bonchev–Trinajstić information content (AvgIpc) is 2.04. The van der Waals surface area contributed by atoms with Gasteiger partial charge in [-0.25, -0.2) is 0 Å². The van der Waals surface area contributed by atoms with Crippen molar-refractivity contribution in [3.63, 3.8) is 0 Å². The minimum Gasteiger partial charge on any atom is -0.393 e. The Hall–Kier alpha value is -0.0800. The summed E-state index contributed by atoms with van der Waals surface area (Å²) in [6.45, 7) is 4.46. The van der Waals surface area contributed by atoms with E-state index in [4.69, 9.17) is 0 Å². The smallest absolute Gasteiger partial charge is 0.0543 e. The molecule has 1 aliphatic carbocycles. The van der Waals surface area contributed by atoms with Gasteiger partial charge in [0, 0.05) is 6.54 Å². The second kappa shape index (κ2) is 4.83. The van der Waals surface area contributed by atoms with Crippen molar-refractivity contribution in [3.8, 4) is 0 Å². The predicted octanol–water partition coefficient (Wildman–Crippen LogP) is 1.49. The highest BCUT2D eigenvalue weighted by atomic mass is 16.3. The van der Waals surface area contributed by atoms with Crippen LogP contribution in [0.4, 0.5) is 0 Å². The van der Waals surface area contributed by atoms with Crippen LogP contribution in [-0.4, -0.2) is 36.2 Å². The molecule has 0 spiro atoms. The Balaban J connectivity index is 2.22. The fourth-order valence-electron chi connectivity index (χ4n) is 2.00. The van der Waals surface area contributed by atoms with Gasteiger partial charge in [0.15, 0.2) is 0 Å². The van der Waals surface area contributed by atoms with Crippen molar-refractivity contribution >= 4 is 0 Å². The molecule has 12 heavy (non-hydrogen) atoms. The topological polar surface area (TPSA) is 23.5 Å². The van der Waals surface area contributed by atoms with Gasteiger partial charge in [0.1, 0.15) is 0 Å². The first-order valence-corrected chi connectivity index (χ1v) is 5.09. The molecule has 0 aromatic rings. The van der Waals surface area contributed by atoms with Gasteiger partial charge in [-0.15, -0.1) is 0 Å². The number of rotatable bonds is 3. The molecule has 0 bridgehead atoms. The molecule has 2 unspecified atom stereocenters. The zero-order valence-corrected chi connectivity index (χ0v) is 8.29. The van der Waals surface area contributed by atoms with Crippen molar-refractivity contribution in [3.05, 3.63) is 0 Å². The van der Waals surface area contributed by atoms with Gasteiger partial charge in [-0.3, -0.25) is 0 Å². The van der Waals surface area contributed by atoms with E-state index < -0.39 is 0 Å². The van der Waals surface area contributed by atoms with Crippen LogP contribution in [0.3, 0.4) is 0 Å². The van der Waals surface area contributed by atoms with E-state index in [2.05, 4.69) is 18.9 Å². The molecule has 1 fully saturated rings. The van der Waals surface area contributed by atoms with Crippen LogP contribution in [0.25, 0.3) is 0 Å². The highest BCUT2D eigenvalue weighted by Gasteiger charge is 2.20. The van der Waals surface area contributed by atoms with Gasteiger partial charge >= 0.3 is 0 Å². The lowest BCUT2D eigenvalue weighted by molar-refractivity contribution is 0.0888. The molecule has 0 aromatic heterocycles. The second-order valence-electron chi connectivity index (χ2n) is 4.04. The summed E-state index contributed by atoms with van der Waals surface area (Å²) in [6.07, 6.45) is 4.54. The van der Waals surface area contributed by atoms with E-state index in [1.165, 1.54) is 12.8 Å². The third-order valence-corrected chi connectivity index (χ3v) is 2.86. The quantitative estimate of drug-likeness (QED) is 0.695. The summed E-state index contributed by atoms with van der Waals surface area (Å²) in [4.78, 5) is 2.34. The summed E-state index contributed by atoms with van der Waals surface area (Å²) in [5.74, 6) is 0.735. The molecule has 1 rings (SSSR count). The number of aliphatic hydroxyl groups excluding tert-OH is 1. The predicted molar refractivity (Wildman–Crippen MR) is 51.1 cm³/mol. The Morgan fingerprint density at radius 1 is 1.42 bits per heavy atom. The summed E-state index contributed by atoms with van der Waals surface area (Å²) < 4.78 is 0. The summed E-state index contributed by atoms with van der Waals surface area (Å²) in [5.41, 5.74) is 0. The zero-order chi connectivity index (χ0) is 8.97. The Bertz CT molecular complexity index is 127. The third-order valence-electron chi connectivity index (χ3n) is 2.86. The highest BCUT2D eigenvalue weighted by molar-refractivity contribution is 4.73. The van der Waals surface area contributed by atoms with E-state index in [-0.39, 0.29) is 6.10 Å². The van der Waals surface area contributed by atoms with Crippen LogP contribution in [0.5, 0.6) is 0 Å². The Morgan fingerprint density at radius 2 is 2.17 bits per heavy atom. The lowest BCUT2D eigenvalue weighted by Crippen LogP contribution is -2.30. The first-order chi connectivity index (χ1) is 5.72. The fraction of sp³-hybridized carbons (Fsp3) is 1.00. The summed E-state index contributed by atoms with van der Waals surface area (Å²) >= 11 is 0. The van der Waals surface area contributed by atoms with Crippen LogP contribution in [0.2, 0.25) is 0 Å². The van der Waals surface area contributed by atoms with Crippen LogP contribution in [0.1, 0.15) is 32.6 Å². The second-order valence-corrected chi connectivity index (χ2v) is 4.04. The number of nitrogens with zero attached hydrogens (tertiary/aromatic N) is 1. The van der Waals surface area contributed by atoms with Crippen LogP contribution in [0, 0.1) is 5.92 Å². The third kappa shape index (κ3) is 3.11. The van der Waals surface area contributed by atoms with Gasteiger partial charge in [-0.1, -0.05) is 13.3 Å². The summed E-state index contributed by atoms with van der Waals surface area (Å²) in [5, 5.41) is 9.45. The van der Waals surface area contributed by atoms with E-state index in [1.54, 1.807) is 0 Å². The summed E-state index contributed by atoms with van der Waals surface area (Å²) in [7, 11) is 2.15. The molecular formula is C10H21NO. The van der Waals surface area contributed by atoms with Crippen molar-refractivity contribution < 1.29 is 5.11 Å². The molecule has 1 saturated carbocycles. The largest absolute Gasteiger partial charge is 0.393 e. The lowest BCUT2D eigenvalue weighted by Gasteiger charge is -2.29. The van der Waals surface area contributed by atoms with Crippen LogP contribution in [-0.2, 0) is 0 Å². The Morgan fingerprint density at radius 3 is 2.75 bits per heavy atom. The van der Waals surface area contributed by atoms with Gasteiger partial charge in [0.2, 0.25) is 0 Å². The first kappa shape index (κ1) is 10.0. The van der Waals surface area contributed by atoms with Crippen LogP contribution >= 0.6 is 0 Å². The standard InChI is InChI=1S/C10H21NO/c1-3-11(2)8-9-5-4-6-10(12)7-9/h9-10,12H,3-8H2,1-2H3. The maximum atomic E-state index is 9.45. The number of aliphatic hydroxyl groups is 1. The zero-order valence-electron chi connectivity index (χ0n) is 8.29. The molecule has 2 atom stereocenters. The normalized spacial score (nSPS) is 31.0. The molecule has 0 amide bonds. The first-order valence-electron chi connectivity index (χ1n) is 5.09. The monoisotopic (exact) mass is 171 g/mol. The molecule has 0 radical (unpaired) electrons. The molecular weight excluding hydrogens is 150 g/mol. The maximum Gasteiger partial charge on any atom is 0.0543 e. The molecule has 0 saturated heterocycles. The van der Waals surface area contributed by atoms with Crippen molar-refractivity contribution in [2.45, 2.75) is 38.7 Å². The number of hydrogen-bond acceptors (Lipinski definition) is 2. The van der Waals surface area contributed by atoms with Crippen LogP contribution < -0.4 is 0 Å². The van der Waals surface area contributed by atoms with E-state index in [0.717, 1.165) is 31.8 Å². The lowest BCUT2D eigenvalue weighted by atomic mass is 9.87. The molecule has 72 valence electrons. The van der Waals surface area contributed by atoms with E-state index in [9.17, 15) is 5.11 Å². The van der Waals surface area contributed by atoms with Crippen molar-refractivity contribution in [2.24, 2.45) is 5.92 Å².